The van der Waals surface area contributed by atoms with Crippen molar-refractivity contribution in [2.75, 3.05) is 13.1 Å². The number of rotatable bonds is 7. The van der Waals surface area contributed by atoms with E-state index in [4.69, 9.17) is 16.3 Å². The van der Waals surface area contributed by atoms with Crippen LogP contribution < -0.4 is 4.74 Å². The van der Waals surface area contributed by atoms with Crippen molar-refractivity contribution in [3.8, 4) is 5.88 Å². The summed E-state index contributed by atoms with van der Waals surface area (Å²) in [7, 11) is -3.89. The zero-order valence-corrected chi connectivity index (χ0v) is 19.9. The van der Waals surface area contributed by atoms with Gasteiger partial charge < -0.3 is 9.84 Å². The van der Waals surface area contributed by atoms with Crippen LogP contribution in [-0.4, -0.2) is 63.0 Å². The number of ether oxygens (including phenoxy) is 1. The molecule has 176 valence electrons. The second-order valence-corrected chi connectivity index (χ2v) is 10.7. The molecule has 3 aromatic rings. The molecule has 0 spiro atoms. The van der Waals surface area contributed by atoms with Gasteiger partial charge in [-0.15, -0.1) is 10.2 Å². The Hall–Kier alpha value is -2.76. The average Bonchev–Trinajstić information content (AvgIpc) is 3.28. The highest BCUT2D eigenvalue weighted by Gasteiger charge is 2.40. The summed E-state index contributed by atoms with van der Waals surface area (Å²) in [5.41, 5.74) is 1.08. The number of nitrogens with zero attached hydrogens (tertiary/aromatic N) is 5. The Morgan fingerprint density at radius 1 is 1.24 bits per heavy atom. The fourth-order valence-electron chi connectivity index (χ4n) is 4.01. The highest BCUT2D eigenvalue weighted by Crippen LogP contribution is 2.35. The molecule has 2 aromatic heterocycles. The van der Waals surface area contributed by atoms with Crippen LogP contribution in [0.15, 0.2) is 35.4 Å². The van der Waals surface area contributed by atoms with E-state index in [0.717, 1.165) is 0 Å². The maximum absolute atomic E-state index is 13.2. The van der Waals surface area contributed by atoms with E-state index >= 15 is 0 Å². The lowest BCUT2D eigenvalue weighted by Crippen LogP contribution is -2.30. The van der Waals surface area contributed by atoms with E-state index in [2.05, 4.69) is 15.3 Å². The first-order valence-corrected chi connectivity index (χ1v) is 12.3. The summed E-state index contributed by atoms with van der Waals surface area (Å²) < 4.78 is 34.9. The third kappa shape index (κ3) is 4.66. The Morgan fingerprint density at radius 3 is 2.64 bits per heavy atom. The van der Waals surface area contributed by atoms with Gasteiger partial charge in [-0.2, -0.15) is 9.40 Å². The van der Waals surface area contributed by atoms with E-state index < -0.39 is 16.0 Å². The summed E-state index contributed by atoms with van der Waals surface area (Å²) in [6, 6.07) is 7.70. The highest BCUT2D eigenvalue weighted by atomic mass is 35.5. The molecule has 4 rings (SSSR count). The molecule has 1 aromatic carbocycles. The predicted molar refractivity (Wildman–Crippen MR) is 121 cm³/mol. The summed E-state index contributed by atoms with van der Waals surface area (Å²) in [6.45, 7) is 6.03. The van der Waals surface area contributed by atoms with E-state index in [1.165, 1.54) is 16.4 Å². The minimum Gasteiger partial charge on any atom is -0.481 e. The molecule has 3 heterocycles. The average molecular weight is 494 g/mol. The Bertz CT molecular complexity index is 1290. The number of hydrogen-bond acceptors (Lipinski definition) is 7. The molecule has 1 aliphatic heterocycles. The van der Waals surface area contributed by atoms with Gasteiger partial charge in [-0.25, -0.2) is 8.42 Å². The monoisotopic (exact) mass is 493 g/mol. The maximum atomic E-state index is 13.2. The van der Waals surface area contributed by atoms with Crippen molar-refractivity contribution < 1.29 is 23.1 Å². The zero-order chi connectivity index (χ0) is 23.9. The number of halogens is 1. The Labute approximate surface area is 196 Å². The maximum Gasteiger partial charge on any atom is 0.309 e. The number of carboxylic acid groups (broad SMARTS) is 1. The SMILES string of the molecule is CC(C)Oc1ccc(S(=O)(=O)N2C[C@@H](C)[C@@H](n3nc(CC(=O)O)c4ccc(Cl)cc43)C2)nn1. The lowest BCUT2D eigenvalue weighted by atomic mass is 10.1. The number of benzene rings is 1. The molecule has 33 heavy (non-hydrogen) atoms. The van der Waals surface area contributed by atoms with E-state index in [1.807, 2.05) is 20.8 Å². The molecule has 0 radical (unpaired) electrons. The molecule has 0 saturated carbocycles. The van der Waals surface area contributed by atoms with Gasteiger partial charge in [0.15, 0.2) is 5.03 Å². The van der Waals surface area contributed by atoms with Crippen LogP contribution in [0, 0.1) is 5.92 Å². The number of hydrogen-bond donors (Lipinski definition) is 1. The summed E-state index contributed by atoms with van der Waals surface area (Å²) in [5.74, 6) is -0.831. The van der Waals surface area contributed by atoms with Crippen LogP contribution in [-0.2, 0) is 21.2 Å². The van der Waals surface area contributed by atoms with Gasteiger partial charge in [0.1, 0.15) is 0 Å². The van der Waals surface area contributed by atoms with E-state index in [-0.39, 0.29) is 48.5 Å². The third-order valence-electron chi connectivity index (χ3n) is 5.49. The Balaban J connectivity index is 1.64. The molecule has 1 N–H and O–H groups in total. The van der Waals surface area contributed by atoms with Crippen LogP contribution in [0.3, 0.4) is 0 Å². The van der Waals surface area contributed by atoms with Gasteiger partial charge in [0.25, 0.3) is 10.0 Å². The van der Waals surface area contributed by atoms with Crippen LogP contribution in [0.25, 0.3) is 10.9 Å². The molecule has 1 fully saturated rings. The summed E-state index contributed by atoms with van der Waals surface area (Å²) in [4.78, 5) is 11.3. The molecule has 1 saturated heterocycles. The summed E-state index contributed by atoms with van der Waals surface area (Å²) >= 11 is 6.19. The minimum atomic E-state index is -3.89. The second-order valence-electron chi connectivity index (χ2n) is 8.37. The topological polar surface area (TPSA) is 128 Å². The van der Waals surface area contributed by atoms with Gasteiger partial charge in [0.2, 0.25) is 5.88 Å². The summed E-state index contributed by atoms with van der Waals surface area (Å²) in [6.07, 6.45) is -0.348. The largest absolute Gasteiger partial charge is 0.481 e. The number of fused-ring (bicyclic) bond motifs is 1. The van der Waals surface area contributed by atoms with E-state index in [9.17, 15) is 18.3 Å². The quantitative estimate of drug-likeness (QED) is 0.532. The minimum absolute atomic E-state index is 0.0870. The smallest absolute Gasteiger partial charge is 0.309 e. The molecule has 2 atom stereocenters. The second kappa shape index (κ2) is 8.88. The van der Waals surface area contributed by atoms with Crippen LogP contribution in [0.4, 0.5) is 0 Å². The summed E-state index contributed by atoms with van der Waals surface area (Å²) in [5, 5.41) is 22.5. The molecule has 0 aliphatic carbocycles. The first-order chi connectivity index (χ1) is 15.6. The Morgan fingerprint density at radius 2 is 2.00 bits per heavy atom. The van der Waals surface area contributed by atoms with Crippen molar-refractivity contribution >= 4 is 38.5 Å². The highest BCUT2D eigenvalue weighted by molar-refractivity contribution is 7.89. The van der Waals surface area contributed by atoms with Crippen molar-refractivity contribution in [2.45, 2.75) is 44.4 Å². The van der Waals surface area contributed by atoms with Crippen LogP contribution >= 0.6 is 11.6 Å². The molecule has 1 aliphatic rings. The standard InChI is InChI=1S/C21H24ClN5O5S/c1-12(2)32-19-6-7-20(24-23-19)33(30,31)26-10-13(3)18(11-26)27-17-8-14(22)4-5-15(17)16(25-27)9-21(28)29/h4-8,12-13,18H,9-11H2,1-3H3,(H,28,29)/t13-,18+/m1/s1. The van der Waals surface area contributed by atoms with Crippen LogP contribution in [0.1, 0.15) is 32.5 Å². The van der Waals surface area contributed by atoms with Gasteiger partial charge in [-0.1, -0.05) is 18.5 Å². The number of sulfonamides is 1. The first-order valence-electron chi connectivity index (χ1n) is 10.4. The van der Waals surface area contributed by atoms with Crippen LogP contribution in [0.5, 0.6) is 5.88 Å². The fourth-order valence-corrected chi connectivity index (χ4v) is 5.60. The van der Waals surface area contributed by atoms with Crippen molar-refractivity contribution in [1.82, 2.24) is 24.3 Å². The van der Waals surface area contributed by atoms with E-state index in [1.54, 1.807) is 22.9 Å². The number of carbonyl (C=O) groups is 1. The molecular formula is C21H24ClN5O5S. The van der Waals surface area contributed by atoms with Crippen molar-refractivity contribution in [3.05, 3.63) is 41.0 Å². The fraction of sp³-hybridized carbons (Fsp3) is 0.429. The lowest BCUT2D eigenvalue weighted by molar-refractivity contribution is -0.136. The van der Waals surface area contributed by atoms with Gasteiger partial charge in [0.05, 0.1) is 29.8 Å². The third-order valence-corrected chi connectivity index (χ3v) is 7.45. The first kappa shape index (κ1) is 23.4. The molecule has 12 heteroatoms. The number of carboxylic acids is 1. The predicted octanol–water partition coefficient (Wildman–Crippen LogP) is 2.78. The van der Waals surface area contributed by atoms with Crippen molar-refractivity contribution in [2.24, 2.45) is 5.92 Å². The van der Waals surface area contributed by atoms with Crippen molar-refractivity contribution in [1.29, 1.82) is 0 Å². The number of aliphatic carboxylic acids is 1. The van der Waals surface area contributed by atoms with Crippen LogP contribution in [0.2, 0.25) is 5.02 Å². The van der Waals surface area contributed by atoms with E-state index in [0.29, 0.717) is 21.6 Å². The van der Waals surface area contributed by atoms with Gasteiger partial charge in [0, 0.05) is 29.6 Å². The molecule has 0 bridgehead atoms. The zero-order valence-electron chi connectivity index (χ0n) is 18.3. The van der Waals surface area contributed by atoms with Gasteiger partial charge in [-0.05, 0) is 44.0 Å². The van der Waals surface area contributed by atoms with Crippen molar-refractivity contribution in [3.63, 3.8) is 0 Å². The molecule has 10 nitrogen and oxygen atoms in total. The molecule has 0 unspecified atom stereocenters. The lowest BCUT2D eigenvalue weighted by Gasteiger charge is -2.17. The molecular weight excluding hydrogens is 470 g/mol. The molecule has 0 amide bonds. The Kier molecular flexibility index (Phi) is 6.30. The normalized spacial score (nSPS) is 19.4. The van der Waals surface area contributed by atoms with Gasteiger partial charge >= 0.3 is 5.97 Å². The van der Waals surface area contributed by atoms with Gasteiger partial charge in [-0.3, -0.25) is 9.48 Å². The number of aromatic nitrogens is 4.